The van der Waals surface area contributed by atoms with Crippen LogP contribution in [0.3, 0.4) is 0 Å². The van der Waals surface area contributed by atoms with Crippen molar-refractivity contribution in [1.82, 2.24) is 5.32 Å². The lowest BCUT2D eigenvalue weighted by Crippen LogP contribution is -2.37. The van der Waals surface area contributed by atoms with Crippen LogP contribution >= 0.6 is 0 Å². The van der Waals surface area contributed by atoms with Crippen LogP contribution in [0.25, 0.3) is 0 Å². The molecule has 0 aromatic rings. The Hall–Kier alpha value is -0.570. The van der Waals surface area contributed by atoms with Crippen molar-refractivity contribution in [2.24, 2.45) is 11.3 Å². The molecule has 1 aliphatic rings. The Morgan fingerprint density at radius 1 is 1.44 bits per heavy atom. The van der Waals surface area contributed by atoms with Crippen LogP contribution in [0.15, 0.2) is 0 Å². The first-order chi connectivity index (χ1) is 7.42. The van der Waals surface area contributed by atoms with Crippen LogP contribution in [-0.2, 0) is 4.79 Å². The predicted molar refractivity (Wildman–Crippen MR) is 65.5 cm³/mol. The first-order valence-corrected chi connectivity index (χ1v) is 6.38. The van der Waals surface area contributed by atoms with E-state index in [0.29, 0.717) is 12.5 Å². The largest absolute Gasteiger partial charge is 0.481 e. The Kier molecular flexibility index (Phi) is 4.78. The van der Waals surface area contributed by atoms with Crippen LogP contribution in [-0.4, -0.2) is 23.7 Å². The van der Waals surface area contributed by atoms with Gasteiger partial charge in [0.15, 0.2) is 0 Å². The molecule has 1 rings (SSSR count). The molecule has 0 heterocycles. The molecule has 0 radical (unpaired) electrons. The lowest BCUT2D eigenvalue weighted by Gasteiger charge is -2.28. The van der Waals surface area contributed by atoms with Crippen LogP contribution in [0.4, 0.5) is 0 Å². The number of nitrogens with one attached hydrogen (secondary N) is 1. The zero-order chi connectivity index (χ0) is 12.2. The molecule has 3 nitrogen and oxygen atoms in total. The molecule has 2 unspecified atom stereocenters. The molecule has 2 N–H and O–H groups in total. The van der Waals surface area contributed by atoms with Gasteiger partial charge in [-0.3, -0.25) is 4.79 Å². The summed E-state index contributed by atoms with van der Waals surface area (Å²) in [7, 11) is 0. The number of aliphatic carboxylic acids is 1. The topological polar surface area (TPSA) is 49.3 Å². The number of carbonyl (C=O) groups is 1. The number of hydrogen-bond donors (Lipinski definition) is 2. The Morgan fingerprint density at radius 2 is 2.12 bits per heavy atom. The van der Waals surface area contributed by atoms with E-state index in [1.807, 2.05) is 0 Å². The van der Waals surface area contributed by atoms with Crippen LogP contribution in [0.2, 0.25) is 0 Å². The summed E-state index contributed by atoms with van der Waals surface area (Å²) in [5.74, 6) is 0.116. The van der Waals surface area contributed by atoms with Gasteiger partial charge in [0.25, 0.3) is 0 Å². The normalized spacial score (nSPS) is 26.7. The van der Waals surface area contributed by atoms with Crippen LogP contribution in [0.1, 0.15) is 52.9 Å². The van der Waals surface area contributed by atoms with Gasteiger partial charge in [-0.2, -0.15) is 0 Å². The first-order valence-electron chi connectivity index (χ1n) is 6.38. The molecule has 0 spiro atoms. The average Bonchev–Trinajstić information content (AvgIpc) is 2.17. The standard InChI is InChI=1S/C13H25NO2/c1-10-5-4-6-11(9-10)14-8-7-13(2,3)12(15)16/h10-11,14H,4-9H2,1-3H3,(H,15,16). The first kappa shape index (κ1) is 13.5. The number of hydrogen-bond acceptors (Lipinski definition) is 2. The van der Waals surface area contributed by atoms with E-state index in [4.69, 9.17) is 5.11 Å². The van der Waals surface area contributed by atoms with Crippen molar-refractivity contribution >= 4 is 5.97 Å². The van der Waals surface area contributed by atoms with E-state index < -0.39 is 11.4 Å². The van der Waals surface area contributed by atoms with Crippen molar-refractivity contribution in [2.75, 3.05) is 6.54 Å². The van der Waals surface area contributed by atoms with Gasteiger partial charge in [-0.25, -0.2) is 0 Å². The lowest BCUT2D eigenvalue weighted by atomic mass is 9.86. The Balaban J connectivity index is 2.22. The second-order valence-corrected chi connectivity index (χ2v) is 5.86. The van der Waals surface area contributed by atoms with Gasteiger partial charge in [0.2, 0.25) is 0 Å². The Morgan fingerprint density at radius 3 is 2.69 bits per heavy atom. The molecule has 16 heavy (non-hydrogen) atoms. The molecule has 1 aliphatic carbocycles. The fourth-order valence-corrected chi connectivity index (χ4v) is 2.32. The third kappa shape index (κ3) is 4.12. The van der Waals surface area contributed by atoms with E-state index >= 15 is 0 Å². The smallest absolute Gasteiger partial charge is 0.309 e. The Bertz CT molecular complexity index is 238. The van der Waals surface area contributed by atoms with Crippen molar-refractivity contribution in [2.45, 2.75) is 58.9 Å². The highest BCUT2D eigenvalue weighted by Gasteiger charge is 2.27. The van der Waals surface area contributed by atoms with Crippen LogP contribution in [0.5, 0.6) is 0 Å². The average molecular weight is 227 g/mol. The molecule has 3 heteroatoms. The van der Waals surface area contributed by atoms with E-state index in [1.165, 1.54) is 25.7 Å². The maximum atomic E-state index is 10.9. The zero-order valence-electron chi connectivity index (χ0n) is 10.8. The predicted octanol–water partition coefficient (Wildman–Crippen LogP) is 2.66. The SMILES string of the molecule is CC1CCCC(NCCC(C)(C)C(=O)O)C1. The summed E-state index contributed by atoms with van der Waals surface area (Å²) in [5.41, 5.74) is -0.604. The van der Waals surface area contributed by atoms with Crippen molar-refractivity contribution < 1.29 is 9.90 Å². The summed E-state index contributed by atoms with van der Waals surface area (Å²) >= 11 is 0. The van der Waals surface area contributed by atoms with Crippen molar-refractivity contribution in [3.05, 3.63) is 0 Å². The number of carboxylic acid groups (broad SMARTS) is 1. The lowest BCUT2D eigenvalue weighted by molar-refractivity contribution is -0.147. The summed E-state index contributed by atoms with van der Waals surface area (Å²) in [6.07, 6.45) is 5.85. The maximum absolute atomic E-state index is 10.9. The minimum Gasteiger partial charge on any atom is -0.481 e. The molecule has 1 saturated carbocycles. The summed E-state index contributed by atoms with van der Waals surface area (Å²) < 4.78 is 0. The number of rotatable bonds is 5. The Labute approximate surface area is 98.6 Å². The molecule has 0 aliphatic heterocycles. The monoisotopic (exact) mass is 227 g/mol. The number of carboxylic acids is 1. The van der Waals surface area contributed by atoms with Gasteiger partial charge < -0.3 is 10.4 Å². The van der Waals surface area contributed by atoms with E-state index in [-0.39, 0.29) is 0 Å². The van der Waals surface area contributed by atoms with E-state index in [9.17, 15) is 4.79 Å². The molecule has 94 valence electrons. The highest BCUT2D eigenvalue weighted by Crippen LogP contribution is 2.24. The highest BCUT2D eigenvalue weighted by molar-refractivity contribution is 5.73. The van der Waals surface area contributed by atoms with Crippen LogP contribution < -0.4 is 5.32 Å². The van der Waals surface area contributed by atoms with Gasteiger partial charge in [-0.05, 0) is 45.6 Å². The van der Waals surface area contributed by atoms with E-state index in [0.717, 1.165) is 12.5 Å². The minimum absolute atomic E-state index is 0.604. The fourth-order valence-electron chi connectivity index (χ4n) is 2.32. The third-order valence-electron chi connectivity index (χ3n) is 3.70. The molecule has 1 fully saturated rings. The van der Waals surface area contributed by atoms with E-state index in [1.54, 1.807) is 13.8 Å². The van der Waals surface area contributed by atoms with Gasteiger partial charge in [0, 0.05) is 6.04 Å². The fraction of sp³-hybridized carbons (Fsp3) is 0.923. The van der Waals surface area contributed by atoms with Crippen molar-refractivity contribution in [3.63, 3.8) is 0 Å². The van der Waals surface area contributed by atoms with Gasteiger partial charge in [-0.1, -0.05) is 19.8 Å². The summed E-state index contributed by atoms with van der Waals surface area (Å²) in [6.45, 7) is 6.70. The van der Waals surface area contributed by atoms with Gasteiger partial charge in [0.05, 0.1) is 5.41 Å². The summed E-state index contributed by atoms with van der Waals surface area (Å²) in [5, 5.41) is 12.5. The maximum Gasteiger partial charge on any atom is 0.309 e. The second-order valence-electron chi connectivity index (χ2n) is 5.86. The van der Waals surface area contributed by atoms with Gasteiger partial charge >= 0.3 is 5.97 Å². The van der Waals surface area contributed by atoms with Crippen molar-refractivity contribution in [3.8, 4) is 0 Å². The highest BCUT2D eigenvalue weighted by atomic mass is 16.4. The molecule has 0 bridgehead atoms. The molecular formula is C13H25NO2. The third-order valence-corrected chi connectivity index (χ3v) is 3.70. The molecule has 0 saturated heterocycles. The van der Waals surface area contributed by atoms with E-state index in [2.05, 4.69) is 12.2 Å². The summed E-state index contributed by atoms with van der Waals surface area (Å²) in [6, 6.07) is 0.605. The molecule has 2 atom stereocenters. The molecular weight excluding hydrogens is 202 g/mol. The second kappa shape index (κ2) is 5.67. The molecule has 0 amide bonds. The van der Waals surface area contributed by atoms with Gasteiger partial charge in [0.1, 0.15) is 0 Å². The molecule has 0 aromatic carbocycles. The quantitative estimate of drug-likeness (QED) is 0.759. The minimum atomic E-state index is -0.702. The summed E-state index contributed by atoms with van der Waals surface area (Å²) in [4.78, 5) is 10.9. The van der Waals surface area contributed by atoms with Crippen molar-refractivity contribution in [1.29, 1.82) is 0 Å². The molecule has 0 aromatic heterocycles. The zero-order valence-corrected chi connectivity index (χ0v) is 10.8. The van der Waals surface area contributed by atoms with Gasteiger partial charge in [-0.15, -0.1) is 0 Å². The van der Waals surface area contributed by atoms with Crippen LogP contribution in [0, 0.1) is 11.3 Å².